The molecule has 0 amide bonds. The molecule has 5 nitrogen and oxygen atoms in total. The van der Waals surface area contributed by atoms with Crippen LogP contribution >= 0.6 is 0 Å². The highest BCUT2D eigenvalue weighted by molar-refractivity contribution is 5.87. The number of aldehydes is 1. The van der Waals surface area contributed by atoms with E-state index in [0.29, 0.717) is 0 Å². The van der Waals surface area contributed by atoms with Crippen molar-refractivity contribution in [1.82, 2.24) is 0 Å². The predicted octanol–water partition coefficient (Wildman–Crippen LogP) is 2.07. The number of alkyl halides is 2. The molecule has 1 N–H and O–H groups in total. The fraction of sp³-hybridized carbons (Fsp3) is 0.0833. The molecule has 0 aliphatic heterocycles. The number of carbonyl (C=O) groups is 2. The second kappa shape index (κ2) is 6.26. The SMILES string of the molecule is N#Cc1cc(OC(F)F)c(C=O)cc1/C=C/C(=O)O. The van der Waals surface area contributed by atoms with Crippen molar-refractivity contribution in [3.05, 3.63) is 34.9 Å². The van der Waals surface area contributed by atoms with Gasteiger partial charge in [-0.15, -0.1) is 0 Å². The van der Waals surface area contributed by atoms with Gasteiger partial charge in [-0.1, -0.05) is 0 Å². The van der Waals surface area contributed by atoms with Crippen LogP contribution in [0.15, 0.2) is 18.2 Å². The minimum Gasteiger partial charge on any atom is -0.478 e. The third-order valence-electron chi connectivity index (χ3n) is 2.05. The van der Waals surface area contributed by atoms with Crippen molar-refractivity contribution < 1.29 is 28.2 Å². The van der Waals surface area contributed by atoms with E-state index in [1.807, 2.05) is 0 Å². The molecule has 0 bridgehead atoms. The van der Waals surface area contributed by atoms with Crippen LogP contribution in [-0.4, -0.2) is 24.0 Å². The van der Waals surface area contributed by atoms with Crippen molar-refractivity contribution >= 4 is 18.3 Å². The second-order valence-corrected chi connectivity index (χ2v) is 3.26. The zero-order valence-electron chi connectivity index (χ0n) is 9.34. The molecule has 0 aromatic heterocycles. The predicted molar refractivity (Wildman–Crippen MR) is 59.8 cm³/mol. The van der Waals surface area contributed by atoms with Crippen LogP contribution in [0.5, 0.6) is 5.75 Å². The van der Waals surface area contributed by atoms with E-state index in [9.17, 15) is 18.4 Å². The summed E-state index contributed by atoms with van der Waals surface area (Å²) >= 11 is 0. The van der Waals surface area contributed by atoms with Crippen LogP contribution in [0.2, 0.25) is 0 Å². The van der Waals surface area contributed by atoms with Gasteiger partial charge in [0.05, 0.1) is 17.2 Å². The molecule has 0 spiro atoms. The monoisotopic (exact) mass is 267 g/mol. The number of hydrogen-bond acceptors (Lipinski definition) is 4. The molecular weight excluding hydrogens is 260 g/mol. The number of nitrogens with zero attached hydrogens (tertiary/aromatic N) is 1. The van der Waals surface area contributed by atoms with Crippen LogP contribution in [0.4, 0.5) is 8.78 Å². The average Bonchev–Trinajstić information content (AvgIpc) is 2.35. The molecule has 98 valence electrons. The molecule has 1 aromatic carbocycles. The Morgan fingerprint density at radius 1 is 1.42 bits per heavy atom. The zero-order valence-corrected chi connectivity index (χ0v) is 9.34. The molecule has 0 fully saturated rings. The van der Waals surface area contributed by atoms with E-state index in [1.165, 1.54) is 0 Å². The lowest BCUT2D eigenvalue weighted by atomic mass is 10.0. The van der Waals surface area contributed by atoms with Crippen LogP contribution in [0.25, 0.3) is 6.08 Å². The molecule has 7 heteroatoms. The molecule has 0 atom stereocenters. The van der Waals surface area contributed by atoms with Crippen molar-refractivity contribution in [3.8, 4) is 11.8 Å². The van der Waals surface area contributed by atoms with E-state index < -0.39 is 18.3 Å². The van der Waals surface area contributed by atoms with Crippen LogP contribution in [0, 0.1) is 11.3 Å². The topological polar surface area (TPSA) is 87.4 Å². The first-order chi connectivity index (χ1) is 8.97. The summed E-state index contributed by atoms with van der Waals surface area (Å²) in [6, 6.07) is 3.75. The van der Waals surface area contributed by atoms with Crippen molar-refractivity contribution in [2.24, 2.45) is 0 Å². The van der Waals surface area contributed by atoms with E-state index in [-0.39, 0.29) is 23.0 Å². The quantitative estimate of drug-likeness (QED) is 0.651. The van der Waals surface area contributed by atoms with Crippen molar-refractivity contribution in [1.29, 1.82) is 5.26 Å². The maximum Gasteiger partial charge on any atom is 0.387 e. The molecule has 0 aliphatic carbocycles. The molecule has 1 rings (SSSR count). The number of nitriles is 1. The molecule has 0 radical (unpaired) electrons. The Morgan fingerprint density at radius 3 is 2.58 bits per heavy atom. The third-order valence-corrected chi connectivity index (χ3v) is 2.05. The van der Waals surface area contributed by atoms with Gasteiger partial charge in [0.2, 0.25) is 0 Å². The first-order valence-electron chi connectivity index (χ1n) is 4.87. The van der Waals surface area contributed by atoms with E-state index in [2.05, 4.69) is 4.74 Å². The number of hydrogen-bond donors (Lipinski definition) is 1. The van der Waals surface area contributed by atoms with Gasteiger partial charge in [0.25, 0.3) is 0 Å². The zero-order chi connectivity index (χ0) is 14.4. The van der Waals surface area contributed by atoms with Gasteiger partial charge < -0.3 is 9.84 Å². The summed E-state index contributed by atoms with van der Waals surface area (Å²) in [4.78, 5) is 21.1. The highest BCUT2D eigenvalue weighted by atomic mass is 19.3. The highest BCUT2D eigenvalue weighted by Gasteiger charge is 2.13. The van der Waals surface area contributed by atoms with Gasteiger partial charge in [-0.3, -0.25) is 4.79 Å². The normalized spacial score (nSPS) is 10.4. The lowest BCUT2D eigenvalue weighted by Gasteiger charge is -2.09. The van der Waals surface area contributed by atoms with Gasteiger partial charge >= 0.3 is 12.6 Å². The molecule has 0 aliphatic rings. The van der Waals surface area contributed by atoms with Gasteiger partial charge in [-0.05, 0) is 23.8 Å². The molecule has 0 saturated heterocycles. The van der Waals surface area contributed by atoms with E-state index in [4.69, 9.17) is 10.4 Å². The molecule has 19 heavy (non-hydrogen) atoms. The maximum atomic E-state index is 12.1. The minimum atomic E-state index is -3.13. The van der Waals surface area contributed by atoms with Crippen LogP contribution in [0.1, 0.15) is 21.5 Å². The summed E-state index contributed by atoms with van der Waals surface area (Å²) < 4.78 is 28.3. The Hall–Kier alpha value is -2.75. The summed E-state index contributed by atoms with van der Waals surface area (Å²) in [6.45, 7) is -3.13. The number of benzene rings is 1. The Labute approximate surface area is 106 Å². The Balaban J connectivity index is 3.31. The van der Waals surface area contributed by atoms with Gasteiger partial charge in [0.1, 0.15) is 5.75 Å². The Morgan fingerprint density at radius 2 is 2.11 bits per heavy atom. The number of carboxylic acid groups (broad SMARTS) is 1. The van der Waals surface area contributed by atoms with Crippen LogP contribution in [-0.2, 0) is 4.79 Å². The average molecular weight is 267 g/mol. The standard InChI is InChI=1S/C12H7F2NO4/c13-12(14)19-10-4-8(5-15)7(1-2-11(17)18)3-9(10)6-16/h1-4,6,12H,(H,17,18)/b2-1+. The summed E-state index contributed by atoms with van der Waals surface area (Å²) in [5.41, 5.74) is -0.170. The molecule has 0 heterocycles. The second-order valence-electron chi connectivity index (χ2n) is 3.26. The lowest BCUT2D eigenvalue weighted by Crippen LogP contribution is -2.05. The highest BCUT2D eigenvalue weighted by Crippen LogP contribution is 2.25. The van der Waals surface area contributed by atoms with Gasteiger partial charge in [-0.2, -0.15) is 14.0 Å². The smallest absolute Gasteiger partial charge is 0.387 e. The number of ether oxygens (including phenoxy) is 1. The first kappa shape index (κ1) is 14.3. The molecule has 0 unspecified atom stereocenters. The van der Waals surface area contributed by atoms with E-state index in [0.717, 1.165) is 24.3 Å². The summed E-state index contributed by atoms with van der Waals surface area (Å²) in [7, 11) is 0. The lowest BCUT2D eigenvalue weighted by molar-refractivity contribution is -0.131. The maximum absolute atomic E-state index is 12.1. The number of aliphatic carboxylic acids is 1. The van der Waals surface area contributed by atoms with Gasteiger partial charge in [-0.25, -0.2) is 4.79 Å². The number of carbonyl (C=O) groups excluding carboxylic acids is 1. The van der Waals surface area contributed by atoms with Crippen molar-refractivity contribution in [2.45, 2.75) is 6.61 Å². The molecule has 0 saturated carbocycles. The number of halogens is 2. The molecule has 1 aromatic rings. The Kier molecular flexibility index (Phi) is 4.71. The Bertz CT molecular complexity index is 576. The first-order valence-corrected chi connectivity index (χ1v) is 4.87. The number of rotatable bonds is 5. The van der Waals surface area contributed by atoms with E-state index in [1.54, 1.807) is 6.07 Å². The third kappa shape index (κ3) is 3.89. The van der Waals surface area contributed by atoms with E-state index >= 15 is 0 Å². The van der Waals surface area contributed by atoms with Crippen molar-refractivity contribution in [3.63, 3.8) is 0 Å². The van der Waals surface area contributed by atoms with Gasteiger partial charge in [0.15, 0.2) is 6.29 Å². The van der Waals surface area contributed by atoms with Gasteiger partial charge in [0, 0.05) is 6.08 Å². The largest absolute Gasteiger partial charge is 0.478 e. The summed E-state index contributed by atoms with van der Waals surface area (Å²) in [5.74, 6) is -1.68. The van der Waals surface area contributed by atoms with Crippen LogP contribution < -0.4 is 4.74 Å². The fourth-order valence-corrected chi connectivity index (χ4v) is 1.30. The molecular formula is C12H7F2NO4. The summed E-state index contributed by atoms with van der Waals surface area (Å²) in [6.07, 6.45) is 2.12. The van der Waals surface area contributed by atoms with Crippen molar-refractivity contribution in [2.75, 3.05) is 0 Å². The number of carboxylic acids is 1. The summed E-state index contributed by atoms with van der Waals surface area (Å²) in [5, 5.41) is 17.3. The van der Waals surface area contributed by atoms with Crippen LogP contribution in [0.3, 0.4) is 0 Å². The minimum absolute atomic E-state index is 0.0845. The fourth-order valence-electron chi connectivity index (χ4n) is 1.30.